The molecule has 1 aromatic heterocycles. The van der Waals surface area contributed by atoms with E-state index >= 15 is 0 Å². The van der Waals surface area contributed by atoms with Gasteiger partial charge in [-0.05, 0) is 49.9 Å². The van der Waals surface area contributed by atoms with Gasteiger partial charge >= 0.3 is 11.9 Å². The van der Waals surface area contributed by atoms with E-state index in [0.717, 1.165) is 54.3 Å². The van der Waals surface area contributed by atoms with Crippen LogP contribution in [0.5, 0.6) is 0 Å². The summed E-state index contributed by atoms with van der Waals surface area (Å²) >= 11 is 0. The van der Waals surface area contributed by atoms with Crippen molar-refractivity contribution in [3.05, 3.63) is 69.9 Å². The van der Waals surface area contributed by atoms with Crippen molar-refractivity contribution < 1.29 is 23.8 Å². The molecule has 2 aliphatic carbocycles. The van der Waals surface area contributed by atoms with E-state index in [9.17, 15) is 9.59 Å². The summed E-state index contributed by atoms with van der Waals surface area (Å²) in [6.45, 7) is 4.05. The summed E-state index contributed by atoms with van der Waals surface area (Å²) in [5.74, 6) is -1.32. The van der Waals surface area contributed by atoms with Crippen molar-refractivity contribution in [2.75, 3.05) is 14.2 Å². The third-order valence-corrected chi connectivity index (χ3v) is 7.89. The number of carbonyl (C=O) groups excluding carboxylic acids is 2. The first-order chi connectivity index (χ1) is 18.4. The molecule has 3 aromatic rings. The summed E-state index contributed by atoms with van der Waals surface area (Å²) in [5.41, 5.74) is 4.52. The van der Waals surface area contributed by atoms with Gasteiger partial charge < -0.3 is 14.2 Å². The van der Waals surface area contributed by atoms with Crippen LogP contribution in [0, 0.1) is 13.8 Å². The monoisotopic (exact) mass is 511 g/mol. The molecule has 1 fully saturated rings. The number of methoxy groups -OCH3 is 2. The Labute approximate surface area is 220 Å². The number of aryl methyl sites for hydroxylation is 2. The van der Waals surface area contributed by atoms with E-state index < -0.39 is 17.5 Å². The molecule has 1 aliphatic heterocycles. The van der Waals surface area contributed by atoms with Crippen molar-refractivity contribution in [3.63, 3.8) is 0 Å². The van der Waals surface area contributed by atoms with Crippen LogP contribution in [0.3, 0.4) is 0 Å². The van der Waals surface area contributed by atoms with E-state index in [1.807, 2.05) is 50.2 Å². The van der Waals surface area contributed by atoms with E-state index in [0.29, 0.717) is 22.5 Å². The summed E-state index contributed by atoms with van der Waals surface area (Å²) in [6.07, 6.45) is 5.03. The number of aliphatic imine (C=N–C) groups is 1. The van der Waals surface area contributed by atoms with Crippen LogP contribution in [0.4, 0.5) is 0 Å². The van der Waals surface area contributed by atoms with Gasteiger partial charge in [-0.15, -0.1) is 0 Å². The third-order valence-electron chi connectivity index (χ3n) is 7.89. The fourth-order valence-electron chi connectivity index (χ4n) is 5.86. The minimum atomic E-state index is -1.55. The zero-order valence-electron chi connectivity index (χ0n) is 22.0. The molecule has 194 valence electrons. The maximum Gasteiger partial charge on any atom is 0.344 e. The number of nitrogens with zero attached hydrogens (tertiary/aromatic N) is 3. The Bertz CT molecular complexity index is 1570. The smallest absolute Gasteiger partial charge is 0.344 e. The van der Waals surface area contributed by atoms with Crippen molar-refractivity contribution in [1.29, 1.82) is 0 Å². The lowest BCUT2D eigenvalue weighted by molar-refractivity contribution is -0.139. The lowest BCUT2D eigenvalue weighted by Crippen LogP contribution is -2.33. The lowest BCUT2D eigenvalue weighted by Gasteiger charge is -2.27. The van der Waals surface area contributed by atoms with Gasteiger partial charge in [-0.2, -0.15) is 0 Å². The maximum atomic E-state index is 13.6. The van der Waals surface area contributed by atoms with Gasteiger partial charge in [0.25, 0.3) is 0 Å². The SMILES string of the molecule is COC(=O)C1=C(C(=O)OC)C2(OC1=NC1CCCCC1)c1ccccc1-c1nc3cc(C)c(C)cc3nc12. The van der Waals surface area contributed by atoms with Gasteiger partial charge in [0.1, 0.15) is 16.8 Å². The first-order valence-electron chi connectivity index (χ1n) is 13.0. The second-order valence-corrected chi connectivity index (χ2v) is 10.1. The zero-order valence-corrected chi connectivity index (χ0v) is 22.0. The van der Waals surface area contributed by atoms with Crippen LogP contribution in [-0.4, -0.2) is 48.1 Å². The minimum Gasteiger partial charge on any atom is -0.466 e. The normalized spacial score (nSPS) is 21.5. The van der Waals surface area contributed by atoms with Gasteiger partial charge in [-0.1, -0.05) is 43.5 Å². The molecule has 0 amide bonds. The van der Waals surface area contributed by atoms with E-state index in [2.05, 4.69) is 0 Å². The Morgan fingerprint density at radius 2 is 1.61 bits per heavy atom. The first kappa shape index (κ1) is 24.3. The average molecular weight is 512 g/mol. The fraction of sp³-hybridized carbons (Fsp3) is 0.367. The molecule has 2 heterocycles. The first-order valence-corrected chi connectivity index (χ1v) is 13.0. The van der Waals surface area contributed by atoms with Gasteiger partial charge in [0, 0.05) is 11.1 Å². The Hall–Kier alpha value is -4.07. The van der Waals surface area contributed by atoms with Crippen LogP contribution in [0.25, 0.3) is 22.3 Å². The molecular weight excluding hydrogens is 482 g/mol. The summed E-state index contributed by atoms with van der Waals surface area (Å²) < 4.78 is 17.1. The number of rotatable bonds is 3. The topological polar surface area (TPSA) is 100.0 Å². The van der Waals surface area contributed by atoms with Gasteiger partial charge in [0.05, 0.1) is 37.0 Å². The number of ether oxygens (including phenoxy) is 3. The third kappa shape index (κ3) is 3.46. The quantitative estimate of drug-likeness (QED) is 0.462. The molecule has 1 saturated carbocycles. The van der Waals surface area contributed by atoms with Crippen LogP contribution < -0.4 is 0 Å². The Balaban J connectivity index is 1.69. The van der Waals surface area contributed by atoms with Gasteiger partial charge in [-0.25, -0.2) is 24.5 Å². The molecule has 0 bridgehead atoms. The highest BCUT2D eigenvalue weighted by Crippen LogP contribution is 2.56. The van der Waals surface area contributed by atoms with Gasteiger partial charge in [0.2, 0.25) is 11.5 Å². The Morgan fingerprint density at radius 3 is 2.29 bits per heavy atom. The molecule has 0 N–H and O–H groups in total. The maximum absolute atomic E-state index is 13.6. The number of carbonyl (C=O) groups is 2. The van der Waals surface area contributed by atoms with Crippen LogP contribution in [0.15, 0.2) is 52.5 Å². The van der Waals surface area contributed by atoms with E-state index in [1.54, 1.807) is 0 Å². The van der Waals surface area contributed by atoms with Gasteiger partial charge in [0.15, 0.2) is 0 Å². The average Bonchev–Trinajstić information content (AvgIpc) is 3.40. The largest absolute Gasteiger partial charge is 0.466 e. The van der Waals surface area contributed by atoms with E-state index in [4.69, 9.17) is 29.2 Å². The van der Waals surface area contributed by atoms with Crippen LogP contribution in [-0.2, 0) is 29.4 Å². The van der Waals surface area contributed by atoms with Crippen molar-refractivity contribution in [1.82, 2.24) is 9.97 Å². The standard InChI is InChI=1S/C30H29N3O5/c1-16-14-21-22(15-17(16)2)33-26-25(32-21)19-12-8-9-13-20(19)30(26)24(29(35)37-4)23(28(34)36-3)27(38-30)31-18-10-6-5-7-11-18/h8-9,12-15,18H,5-7,10-11H2,1-4H3. The number of aromatic nitrogens is 2. The number of hydrogen-bond donors (Lipinski definition) is 0. The molecule has 2 aromatic carbocycles. The molecule has 0 saturated heterocycles. The van der Waals surface area contributed by atoms with Gasteiger partial charge in [-0.3, -0.25) is 0 Å². The minimum absolute atomic E-state index is 0.0168. The Kier molecular flexibility index (Phi) is 5.78. The van der Waals surface area contributed by atoms with Crippen LogP contribution >= 0.6 is 0 Å². The molecule has 3 aliphatic rings. The second-order valence-electron chi connectivity index (χ2n) is 10.1. The zero-order chi connectivity index (χ0) is 26.6. The number of esters is 2. The van der Waals surface area contributed by atoms with E-state index in [1.165, 1.54) is 14.2 Å². The predicted octanol–water partition coefficient (Wildman–Crippen LogP) is 4.87. The molecule has 0 radical (unpaired) electrons. The van der Waals surface area contributed by atoms with Crippen LogP contribution in [0.2, 0.25) is 0 Å². The lowest BCUT2D eigenvalue weighted by atomic mass is 9.85. The highest BCUT2D eigenvalue weighted by atomic mass is 16.6. The predicted molar refractivity (Wildman–Crippen MR) is 142 cm³/mol. The molecule has 6 rings (SSSR count). The summed E-state index contributed by atoms with van der Waals surface area (Å²) in [6, 6.07) is 11.5. The van der Waals surface area contributed by atoms with Crippen molar-refractivity contribution in [2.45, 2.75) is 57.6 Å². The molecule has 8 nitrogen and oxygen atoms in total. The highest BCUT2D eigenvalue weighted by molar-refractivity contribution is 6.24. The van der Waals surface area contributed by atoms with Crippen molar-refractivity contribution >= 4 is 28.9 Å². The molecule has 1 spiro atoms. The summed E-state index contributed by atoms with van der Waals surface area (Å²) in [7, 11) is 2.57. The highest BCUT2D eigenvalue weighted by Gasteiger charge is 2.61. The number of fused-ring (bicyclic) bond motifs is 6. The van der Waals surface area contributed by atoms with Crippen molar-refractivity contribution in [2.24, 2.45) is 4.99 Å². The van der Waals surface area contributed by atoms with Crippen LogP contribution in [0.1, 0.15) is 54.5 Å². The summed E-state index contributed by atoms with van der Waals surface area (Å²) in [5, 5.41) is 0. The fourth-order valence-corrected chi connectivity index (χ4v) is 5.86. The summed E-state index contributed by atoms with van der Waals surface area (Å²) in [4.78, 5) is 41.7. The molecule has 1 atom stereocenters. The molecular formula is C30H29N3O5. The number of benzene rings is 2. The molecule has 8 heteroatoms. The molecule has 38 heavy (non-hydrogen) atoms. The van der Waals surface area contributed by atoms with Crippen molar-refractivity contribution in [3.8, 4) is 11.3 Å². The Morgan fingerprint density at radius 1 is 0.947 bits per heavy atom. The van der Waals surface area contributed by atoms with E-state index in [-0.39, 0.29) is 23.1 Å². The number of hydrogen-bond acceptors (Lipinski definition) is 8. The second kappa shape index (κ2) is 9.04. The molecule has 1 unspecified atom stereocenters.